The molecule has 0 aliphatic carbocycles. The lowest BCUT2D eigenvalue weighted by atomic mass is 9.85. The van der Waals surface area contributed by atoms with Gasteiger partial charge in [0.25, 0.3) is 0 Å². The third-order valence-electron chi connectivity index (χ3n) is 5.41. The first-order valence-corrected chi connectivity index (χ1v) is 9.13. The van der Waals surface area contributed by atoms with Crippen LogP contribution in [0.3, 0.4) is 0 Å². The maximum absolute atomic E-state index is 12.7. The monoisotopic (exact) mass is 355 g/mol. The Hall–Kier alpha value is -2.04. The van der Waals surface area contributed by atoms with Gasteiger partial charge in [-0.1, -0.05) is 41.9 Å². The standard InChI is InChI=1S/C20H22ClN3O/c21-17-8-6-16(7-9-17)14-23-12-10-20(11-13-23)19(25)22-15-24(20)18-4-2-1-3-5-18/h1-9H,10-15H2,(H,22,25). The maximum atomic E-state index is 12.7. The molecular weight excluding hydrogens is 334 g/mol. The van der Waals surface area contributed by atoms with Crippen LogP contribution in [-0.4, -0.2) is 36.1 Å². The average molecular weight is 356 g/mol. The van der Waals surface area contributed by atoms with E-state index in [1.54, 1.807) is 0 Å². The molecule has 0 bridgehead atoms. The Kier molecular flexibility index (Phi) is 4.40. The Balaban J connectivity index is 1.47. The van der Waals surface area contributed by atoms with E-state index in [9.17, 15) is 4.79 Å². The van der Waals surface area contributed by atoms with Crippen molar-refractivity contribution in [1.82, 2.24) is 10.2 Å². The van der Waals surface area contributed by atoms with E-state index in [0.29, 0.717) is 6.67 Å². The van der Waals surface area contributed by atoms with Gasteiger partial charge in [0.05, 0.1) is 6.67 Å². The Morgan fingerprint density at radius 1 is 1.00 bits per heavy atom. The first-order valence-electron chi connectivity index (χ1n) is 8.75. The Labute approximate surface area is 153 Å². The van der Waals surface area contributed by atoms with Gasteiger partial charge in [-0.15, -0.1) is 0 Å². The van der Waals surface area contributed by atoms with Gasteiger partial charge in [-0.05, 0) is 42.7 Å². The van der Waals surface area contributed by atoms with Crippen LogP contribution in [0.15, 0.2) is 54.6 Å². The smallest absolute Gasteiger partial charge is 0.247 e. The van der Waals surface area contributed by atoms with Crippen molar-refractivity contribution in [2.45, 2.75) is 24.9 Å². The van der Waals surface area contributed by atoms with Crippen molar-refractivity contribution in [3.05, 3.63) is 65.2 Å². The predicted octanol–water partition coefficient (Wildman–Crippen LogP) is 3.27. The second-order valence-electron chi connectivity index (χ2n) is 6.86. The van der Waals surface area contributed by atoms with Crippen molar-refractivity contribution in [2.75, 3.05) is 24.7 Å². The summed E-state index contributed by atoms with van der Waals surface area (Å²) in [4.78, 5) is 17.3. The first-order chi connectivity index (χ1) is 12.2. The molecule has 25 heavy (non-hydrogen) atoms. The van der Waals surface area contributed by atoms with Crippen LogP contribution >= 0.6 is 11.6 Å². The van der Waals surface area contributed by atoms with Crippen molar-refractivity contribution >= 4 is 23.2 Å². The largest absolute Gasteiger partial charge is 0.339 e. The van der Waals surface area contributed by atoms with E-state index in [4.69, 9.17) is 11.6 Å². The zero-order chi connectivity index (χ0) is 17.3. The molecule has 2 fully saturated rings. The highest BCUT2D eigenvalue weighted by Crippen LogP contribution is 2.36. The minimum absolute atomic E-state index is 0.169. The summed E-state index contributed by atoms with van der Waals surface area (Å²) < 4.78 is 0. The topological polar surface area (TPSA) is 35.6 Å². The lowest BCUT2D eigenvalue weighted by Crippen LogP contribution is -2.56. The van der Waals surface area contributed by atoms with Crippen LogP contribution in [0.1, 0.15) is 18.4 Å². The van der Waals surface area contributed by atoms with Gasteiger partial charge in [-0.3, -0.25) is 9.69 Å². The molecule has 2 aromatic rings. The molecule has 2 aromatic carbocycles. The minimum Gasteiger partial charge on any atom is -0.339 e. The second kappa shape index (κ2) is 6.70. The Bertz CT molecular complexity index is 739. The van der Waals surface area contributed by atoms with Crippen LogP contribution in [0, 0.1) is 0 Å². The number of amides is 1. The molecule has 0 atom stereocenters. The number of hydrogen-bond donors (Lipinski definition) is 1. The number of halogens is 1. The van der Waals surface area contributed by atoms with Crippen LogP contribution in [0.5, 0.6) is 0 Å². The van der Waals surface area contributed by atoms with Gasteiger partial charge in [0.15, 0.2) is 0 Å². The molecule has 1 spiro atoms. The molecule has 0 unspecified atom stereocenters. The molecule has 2 saturated heterocycles. The summed E-state index contributed by atoms with van der Waals surface area (Å²) in [6, 6.07) is 18.3. The van der Waals surface area contributed by atoms with E-state index >= 15 is 0 Å². The molecule has 4 rings (SSSR count). The summed E-state index contributed by atoms with van der Waals surface area (Å²) in [7, 11) is 0. The van der Waals surface area contributed by atoms with E-state index in [-0.39, 0.29) is 5.91 Å². The van der Waals surface area contributed by atoms with Gasteiger partial charge in [0.1, 0.15) is 5.54 Å². The average Bonchev–Trinajstić information content (AvgIpc) is 2.96. The van der Waals surface area contributed by atoms with Crippen LogP contribution in [0.2, 0.25) is 5.02 Å². The fourth-order valence-corrected chi connectivity index (χ4v) is 4.09. The van der Waals surface area contributed by atoms with Crippen molar-refractivity contribution in [3.8, 4) is 0 Å². The van der Waals surface area contributed by atoms with Crippen molar-refractivity contribution < 1.29 is 4.79 Å². The summed E-state index contributed by atoms with van der Waals surface area (Å²) in [5.41, 5.74) is 1.97. The number of benzene rings is 2. The molecule has 0 radical (unpaired) electrons. The summed E-state index contributed by atoms with van der Waals surface area (Å²) in [5, 5.41) is 3.82. The van der Waals surface area contributed by atoms with Gasteiger partial charge in [0, 0.05) is 30.3 Å². The van der Waals surface area contributed by atoms with Crippen molar-refractivity contribution in [1.29, 1.82) is 0 Å². The van der Waals surface area contributed by atoms with E-state index in [1.165, 1.54) is 5.56 Å². The predicted molar refractivity (Wildman–Crippen MR) is 101 cm³/mol. The summed E-state index contributed by atoms with van der Waals surface area (Å²) in [5.74, 6) is 0.169. The highest BCUT2D eigenvalue weighted by molar-refractivity contribution is 6.30. The molecule has 0 aromatic heterocycles. The highest BCUT2D eigenvalue weighted by Gasteiger charge is 2.50. The molecule has 2 heterocycles. The SMILES string of the molecule is O=C1NCN(c2ccccc2)C12CCN(Cc1ccc(Cl)cc1)CC2. The van der Waals surface area contributed by atoms with Gasteiger partial charge in [-0.25, -0.2) is 0 Å². The third-order valence-corrected chi connectivity index (χ3v) is 5.66. The maximum Gasteiger partial charge on any atom is 0.247 e. The first kappa shape index (κ1) is 16.4. The lowest BCUT2D eigenvalue weighted by Gasteiger charge is -2.43. The molecule has 130 valence electrons. The summed E-state index contributed by atoms with van der Waals surface area (Å²) >= 11 is 5.96. The quantitative estimate of drug-likeness (QED) is 0.917. The Morgan fingerprint density at radius 2 is 1.68 bits per heavy atom. The van der Waals surface area contributed by atoms with E-state index in [0.717, 1.165) is 43.2 Å². The number of carbonyl (C=O) groups is 1. The summed E-state index contributed by atoms with van der Waals surface area (Å²) in [6.45, 7) is 3.33. The fourth-order valence-electron chi connectivity index (χ4n) is 3.96. The Morgan fingerprint density at radius 3 is 2.36 bits per heavy atom. The van der Waals surface area contributed by atoms with E-state index < -0.39 is 5.54 Å². The molecule has 2 aliphatic rings. The number of rotatable bonds is 3. The molecule has 1 N–H and O–H groups in total. The molecular formula is C20H22ClN3O. The fraction of sp³-hybridized carbons (Fsp3) is 0.350. The molecule has 1 amide bonds. The number of carbonyl (C=O) groups excluding carboxylic acids is 1. The number of likely N-dealkylation sites (tertiary alicyclic amines) is 1. The number of anilines is 1. The van der Waals surface area contributed by atoms with Crippen LogP contribution in [0.4, 0.5) is 5.69 Å². The number of para-hydroxylation sites is 1. The van der Waals surface area contributed by atoms with Crippen LogP contribution in [-0.2, 0) is 11.3 Å². The van der Waals surface area contributed by atoms with Gasteiger partial charge in [-0.2, -0.15) is 0 Å². The van der Waals surface area contributed by atoms with Crippen LogP contribution in [0.25, 0.3) is 0 Å². The highest BCUT2D eigenvalue weighted by atomic mass is 35.5. The molecule has 4 nitrogen and oxygen atoms in total. The zero-order valence-electron chi connectivity index (χ0n) is 14.1. The third kappa shape index (κ3) is 3.12. The van der Waals surface area contributed by atoms with Crippen molar-refractivity contribution in [3.63, 3.8) is 0 Å². The normalized spacial score (nSPS) is 20.0. The number of piperidine rings is 1. The second-order valence-corrected chi connectivity index (χ2v) is 7.30. The molecule has 5 heteroatoms. The molecule has 0 saturated carbocycles. The lowest BCUT2D eigenvalue weighted by molar-refractivity contribution is -0.125. The van der Waals surface area contributed by atoms with Gasteiger partial charge >= 0.3 is 0 Å². The minimum atomic E-state index is -0.405. The number of nitrogens with zero attached hydrogens (tertiary/aromatic N) is 2. The van der Waals surface area contributed by atoms with Gasteiger partial charge in [0.2, 0.25) is 5.91 Å². The summed E-state index contributed by atoms with van der Waals surface area (Å²) in [6.07, 6.45) is 1.70. The van der Waals surface area contributed by atoms with Crippen LogP contribution < -0.4 is 10.2 Å². The van der Waals surface area contributed by atoms with E-state index in [2.05, 4.69) is 39.4 Å². The number of nitrogens with one attached hydrogen (secondary N) is 1. The van der Waals surface area contributed by atoms with Gasteiger partial charge < -0.3 is 10.2 Å². The number of hydrogen-bond acceptors (Lipinski definition) is 3. The van der Waals surface area contributed by atoms with Crippen molar-refractivity contribution in [2.24, 2.45) is 0 Å². The molecule has 2 aliphatic heterocycles. The zero-order valence-corrected chi connectivity index (χ0v) is 14.9. The van der Waals surface area contributed by atoms with E-state index in [1.807, 2.05) is 30.3 Å².